The molecule has 2 aliphatic heterocycles. The van der Waals surface area contributed by atoms with Gasteiger partial charge in [-0.05, 0) is 61.5 Å². The summed E-state index contributed by atoms with van der Waals surface area (Å²) in [5.41, 5.74) is 4.37. The van der Waals surface area contributed by atoms with Crippen LogP contribution in [-0.4, -0.2) is 26.2 Å². The highest BCUT2D eigenvalue weighted by atomic mass is 35.5. The van der Waals surface area contributed by atoms with E-state index in [2.05, 4.69) is 77.4 Å². The fraction of sp³-hybridized carbons (Fsp3) is 0.364. The Morgan fingerprint density at radius 1 is 0.692 bits per heavy atom. The Kier molecular flexibility index (Phi) is 11.3. The lowest BCUT2D eigenvalue weighted by Crippen LogP contribution is -2.26. The van der Waals surface area contributed by atoms with Crippen LogP contribution in [0.1, 0.15) is 36.3 Å². The molecule has 2 heterocycles. The van der Waals surface area contributed by atoms with E-state index in [1.54, 1.807) is 0 Å². The van der Waals surface area contributed by atoms with Crippen molar-refractivity contribution in [2.75, 3.05) is 26.2 Å². The Hall–Kier alpha value is -1.32. The highest BCUT2D eigenvalue weighted by Gasteiger charge is 2.13. The van der Waals surface area contributed by atoms with Crippen LogP contribution in [0.15, 0.2) is 66.7 Å². The molecule has 0 aliphatic carbocycles. The Morgan fingerprint density at radius 2 is 1.31 bits per heavy atom. The van der Waals surface area contributed by atoms with Crippen LogP contribution in [0, 0.1) is 0 Å². The third kappa shape index (κ3) is 7.13. The standard InChI is InChI=1S/C11H15N.C11H13N.2ClH/c2*1-2-4-10(5-3-1)11-6-8-12-9-7-11;;/h1-5,11-12H,6-9H2;1-6,12H,7-9H2;2*1H. The molecule has 0 radical (unpaired) electrons. The maximum Gasteiger partial charge on any atom is 0.0140 e. The minimum atomic E-state index is 0. The fourth-order valence-corrected chi connectivity index (χ4v) is 3.42. The van der Waals surface area contributed by atoms with Gasteiger partial charge in [0.15, 0.2) is 0 Å². The summed E-state index contributed by atoms with van der Waals surface area (Å²) in [5.74, 6) is 0.799. The quantitative estimate of drug-likeness (QED) is 0.745. The van der Waals surface area contributed by atoms with Gasteiger partial charge in [-0.25, -0.2) is 0 Å². The molecule has 2 nitrogen and oxygen atoms in total. The van der Waals surface area contributed by atoms with Gasteiger partial charge in [0.25, 0.3) is 0 Å². The summed E-state index contributed by atoms with van der Waals surface area (Å²) in [6.07, 6.45) is 6.02. The normalized spacial score (nSPS) is 16.8. The van der Waals surface area contributed by atoms with E-state index in [9.17, 15) is 0 Å². The largest absolute Gasteiger partial charge is 0.317 e. The first-order chi connectivity index (χ1) is 11.9. The molecule has 26 heavy (non-hydrogen) atoms. The zero-order chi connectivity index (χ0) is 16.5. The van der Waals surface area contributed by atoms with Crippen molar-refractivity contribution in [1.82, 2.24) is 10.6 Å². The number of hydrogen-bond donors (Lipinski definition) is 2. The second-order valence-corrected chi connectivity index (χ2v) is 6.48. The molecule has 0 saturated carbocycles. The average molecular weight is 393 g/mol. The van der Waals surface area contributed by atoms with Gasteiger partial charge in [0, 0.05) is 6.54 Å². The highest BCUT2D eigenvalue weighted by molar-refractivity contribution is 5.85. The van der Waals surface area contributed by atoms with Crippen LogP contribution in [0.2, 0.25) is 0 Å². The maximum absolute atomic E-state index is 3.38. The minimum Gasteiger partial charge on any atom is -0.317 e. The molecule has 2 aromatic carbocycles. The third-order valence-corrected chi connectivity index (χ3v) is 4.82. The number of rotatable bonds is 2. The van der Waals surface area contributed by atoms with Crippen molar-refractivity contribution in [1.29, 1.82) is 0 Å². The molecule has 2 N–H and O–H groups in total. The van der Waals surface area contributed by atoms with Gasteiger partial charge < -0.3 is 10.6 Å². The summed E-state index contributed by atoms with van der Waals surface area (Å²) in [6.45, 7) is 4.49. The van der Waals surface area contributed by atoms with E-state index in [1.165, 1.54) is 42.6 Å². The molecule has 1 saturated heterocycles. The van der Waals surface area contributed by atoms with Gasteiger partial charge >= 0.3 is 0 Å². The number of piperidine rings is 1. The first-order valence-corrected chi connectivity index (χ1v) is 9.14. The van der Waals surface area contributed by atoms with Crippen molar-refractivity contribution >= 4 is 30.4 Å². The average Bonchev–Trinajstić information content (AvgIpc) is 2.71. The molecule has 2 aromatic rings. The van der Waals surface area contributed by atoms with Gasteiger partial charge in [0.2, 0.25) is 0 Å². The smallest absolute Gasteiger partial charge is 0.0140 e. The van der Waals surface area contributed by atoms with E-state index in [0.717, 1.165) is 25.4 Å². The molecule has 1 fully saturated rings. The third-order valence-electron chi connectivity index (χ3n) is 4.82. The van der Waals surface area contributed by atoms with Gasteiger partial charge in [0.1, 0.15) is 0 Å². The molecular weight excluding hydrogens is 363 g/mol. The molecule has 142 valence electrons. The van der Waals surface area contributed by atoms with Gasteiger partial charge in [0.05, 0.1) is 0 Å². The topological polar surface area (TPSA) is 24.1 Å². The van der Waals surface area contributed by atoms with E-state index in [0.29, 0.717) is 0 Å². The van der Waals surface area contributed by atoms with Crippen LogP contribution in [0.25, 0.3) is 5.57 Å². The van der Waals surface area contributed by atoms with Crippen LogP contribution < -0.4 is 10.6 Å². The number of halogens is 2. The molecule has 4 heteroatoms. The predicted molar refractivity (Wildman–Crippen MR) is 118 cm³/mol. The van der Waals surface area contributed by atoms with Gasteiger partial charge in [-0.3, -0.25) is 0 Å². The monoisotopic (exact) mass is 392 g/mol. The Bertz CT molecular complexity index is 623. The van der Waals surface area contributed by atoms with Gasteiger partial charge in [-0.2, -0.15) is 0 Å². The lowest BCUT2D eigenvalue weighted by Gasteiger charge is -2.22. The number of hydrogen-bond acceptors (Lipinski definition) is 2. The molecule has 0 bridgehead atoms. The Labute approximate surface area is 170 Å². The van der Waals surface area contributed by atoms with Crippen LogP contribution in [0.3, 0.4) is 0 Å². The van der Waals surface area contributed by atoms with E-state index < -0.39 is 0 Å². The van der Waals surface area contributed by atoms with Crippen molar-refractivity contribution in [3.63, 3.8) is 0 Å². The van der Waals surface area contributed by atoms with E-state index >= 15 is 0 Å². The Balaban J connectivity index is 0.000000241. The fourth-order valence-electron chi connectivity index (χ4n) is 3.42. The first-order valence-electron chi connectivity index (χ1n) is 9.14. The van der Waals surface area contributed by atoms with E-state index in [4.69, 9.17) is 0 Å². The van der Waals surface area contributed by atoms with E-state index in [1.807, 2.05) is 0 Å². The van der Waals surface area contributed by atoms with Crippen LogP contribution in [0.4, 0.5) is 0 Å². The summed E-state index contributed by atoms with van der Waals surface area (Å²) in [5, 5.41) is 6.69. The van der Waals surface area contributed by atoms with Crippen LogP contribution in [-0.2, 0) is 0 Å². The minimum absolute atomic E-state index is 0. The lowest BCUT2D eigenvalue weighted by molar-refractivity contribution is 0.460. The Morgan fingerprint density at radius 3 is 1.88 bits per heavy atom. The molecule has 2 aliphatic rings. The van der Waals surface area contributed by atoms with Crippen molar-refractivity contribution in [2.24, 2.45) is 0 Å². The maximum atomic E-state index is 3.38. The van der Waals surface area contributed by atoms with Crippen LogP contribution in [0.5, 0.6) is 0 Å². The molecule has 4 rings (SSSR count). The lowest BCUT2D eigenvalue weighted by atomic mass is 9.90. The summed E-state index contributed by atoms with van der Waals surface area (Å²) in [6, 6.07) is 21.5. The van der Waals surface area contributed by atoms with Crippen molar-refractivity contribution in [3.8, 4) is 0 Å². The molecule has 0 atom stereocenters. The SMILES string of the molecule is C1=C(c2ccccc2)CCNC1.Cl.Cl.c1ccc(C2CCNCC2)cc1. The molecule has 0 aromatic heterocycles. The van der Waals surface area contributed by atoms with Crippen LogP contribution >= 0.6 is 24.8 Å². The van der Waals surface area contributed by atoms with E-state index in [-0.39, 0.29) is 24.8 Å². The van der Waals surface area contributed by atoms with Crippen molar-refractivity contribution < 1.29 is 0 Å². The number of benzene rings is 2. The molecule has 0 amide bonds. The van der Waals surface area contributed by atoms with Crippen molar-refractivity contribution in [2.45, 2.75) is 25.2 Å². The zero-order valence-electron chi connectivity index (χ0n) is 15.2. The predicted octanol–water partition coefficient (Wildman–Crippen LogP) is 5.06. The zero-order valence-corrected chi connectivity index (χ0v) is 16.8. The summed E-state index contributed by atoms with van der Waals surface area (Å²) in [7, 11) is 0. The molecule has 0 unspecified atom stereocenters. The van der Waals surface area contributed by atoms with Crippen molar-refractivity contribution in [3.05, 3.63) is 77.9 Å². The summed E-state index contributed by atoms with van der Waals surface area (Å²) < 4.78 is 0. The summed E-state index contributed by atoms with van der Waals surface area (Å²) in [4.78, 5) is 0. The van der Waals surface area contributed by atoms with Gasteiger partial charge in [-0.15, -0.1) is 24.8 Å². The highest BCUT2D eigenvalue weighted by Crippen LogP contribution is 2.24. The summed E-state index contributed by atoms with van der Waals surface area (Å²) >= 11 is 0. The number of nitrogens with one attached hydrogen (secondary N) is 2. The molecule has 0 spiro atoms. The first kappa shape index (κ1) is 22.7. The van der Waals surface area contributed by atoms with Gasteiger partial charge in [-0.1, -0.05) is 66.7 Å². The molecular formula is C22H30Cl2N2. The second-order valence-electron chi connectivity index (χ2n) is 6.48. The second kappa shape index (κ2) is 12.9.